The van der Waals surface area contributed by atoms with Gasteiger partial charge in [0.1, 0.15) is 4.60 Å². The number of aromatic nitrogens is 1. The zero-order chi connectivity index (χ0) is 11.7. The molecule has 1 saturated heterocycles. The maximum atomic E-state index is 4.63. The highest BCUT2D eigenvalue weighted by Crippen LogP contribution is 2.30. The fraction of sp³-hybridized carbons (Fsp3) is 0.357. The van der Waals surface area contributed by atoms with Gasteiger partial charge in [-0.15, -0.1) is 0 Å². The smallest absolute Gasteiger partial charge is 0.111 e. The number of nitrogens with one attached hydrogen (secondary N) is 1. The molecule has 3 rings (SSSR count). The van der Waals surface area contributed by atoms with Gasteiger partial charge in [-0.1, -0.05) is 24.6 Å². The second-order valence-corrected chi connectivity index (χ2v) is 5.31. The number of para-hydroxylation sites is 1. The van der Waals surface area contributed by atoms with E-state index in [2.05, 4.69) is 50.5 Å². The van der Waals surface area contributed by atoms with Crippen molar-refractivity contribution in [2.24, 2.45) is 0 Å². The Hall–Kier alpha value is -0.930. The molecule has 0 saturated carbocycles. The summed E-state index contributed by atoms with van der Waals surface area (Å²) in [5.74, 6) is 0. The second kappa shape index (κ2) is 4.75. The maximum absolute atomic E-state index is 4.63. The Morgan fingerprint density at radius 1 is 1.24 bits per heavy atom. The molecule has 1 aromatic carbocycles. The third-order valence-corrected chi connectivity index (χ3v) is 4.03. The number of nitrogens with zero attached hydrogens (tertiary/aromatic N) is 1. The largest absolute Gasteiger partial charge is 0.310 e. The summed E-state index contributed by atoms with van der Waals surface area (Å²) in [7, 11) is 0. The van der Waals surface area contributed by atoms with Crippen LogP contribution in [0.3, 0.4) is 0 Å². The molecule has 88 valence electrons. The van der Waals surface area contributed by atoms with Crippen LogP contribution < -0.4 is 5.32 Å². The monoisotopic (exact) mass is 290 g/mol. The zero-order valence-electron chi connectivity index (χ0n) is 9.62. The minimum atomic E-state index is 0.454. The highest BCUT2D eigenvalue weighted by Gasteiger charge is 2.18. The summed E-state index contributed by atoms with van der Waals surface area (Å²) in [6.45, 7) is 1.12. The van der Waals surface area contributed by atoms with Crippen molar-refractivity contribution < 1.29 is 0 Å². The second-order valence-electron chi connectivity index (χ2n) is 4.56. The molecule has 1 fully saturated rings. The average molecular weight is 291 g/mol. The first-order chi connectivity index (χ1) is 8.34. The number of benzene rings is 1. The lowest BCUT2D eigenvalue weighted by Gasteiger charge is -2.24. The van der Waals surface area contributed by atoms with E-state index in [0.29, 0.717) is 6.04 Å². The van der Waals surface area contributed by atoms with Crippen LogP contribution in [0.1, 0.15) is 30.9 Å². The zero-order valence-corrected chi connectivity index (χ0v) is 11.2. The molecule has 3 heteroatoms. The Kier molecular flexibility index (Phi) is 3.12. The van der Waals surface area contributed by atoms with E-state index in [-0.39, 0.29) is 0 Å². The Morgan fingerprint density at radius 2 is 2.12 bits per heavy atom. The van der Waals surface area contributed by atoms with Crippen molar-refractivity contribution in [2.45, 2.75) is 25.3 Å². The molecule has 0 radical (unpaired) electrons. The van der Waals surface area contributed by atoms with E-state index in [0.717, 1.165) is 16.7 Å². The lowest BCUT2D eigenvalue weighted by molar-refractivity contribution is 0.411. The summed E-state index contributed by atoms with van der Waals surface area (Å²) in [5.41, 5.74) is 2.35. The summed E-state index contributed by atoms with van der Waals surface area (Å²) in [6, 6.07) is 11.0. The average Bonchev–Trinajstić information content (AvgIpc) is 2.39. The molecular weight excluding hydrogens is 276 g/mol. The summed E-state index contributed by atoms with van der Waals surface area (Å²) in [4.78, 5) is 4.63. The molecule has 0 bridgehead atoms. The van der Waals surface area contributed by atoms with E-state index < -0.39 is 0 Å². The third-order valence-electron chi connectivity index (χ3n) is 3.39. The van der Waals surface area contributed by atoms with E-state index in [1.807, 2.05) is 6.07 Å². The van der Waals surface area contributed by atoms with Gasteiger partial charge >= 0.3 is 0 Å². The Labute approximate surface area is 110 Å². The maximum Gasteiger partial charge on any atom is 0.111 e. The molecule has 1 N–H and O–H groups in total. The molecule has 0 aliphatic carbocycles. The van der Waals surface area contributed by atoms with E-state index in [4.69, 9.17) is 0 Å². The van der Waals surface area contributed by atoms with Gasteiger partial charge in [0.05, 0.1) is 5.52 Å². The van der Waals surface area contributed by atoms with Crippen molar-refractivity contribution in [3.05, 3.63) is 40.5 Å². The van der Waals surface area contributed by atoms with Gasteiger partial charge in [0, 0.05) is 17.0 Å². The topological polar surface area (TPSA) is 24.9 Å². The SMILES string of the molecule is Brc1nc2ccccc2cc1C1CCCCN1. The molecule has 1 aliphatic heterocycles. The minimum absolute atomic E-state index is 0.454. The van der Waals surface area contributed by atoms with Gasteiger partial charge in [-0.05, 0) is 47.4 Å². The highest BCUT2D eigenvalue weighted by atomic mass is 79.9. The van der Waals surface area contributed by atoms with Crippen LogP contribution >= 0.6 is 15.9 Å². The third kappa shape index (κ3) is 2.22. The van der Waals surface area contributed by atoms with Crippen LogP contribution in [0.4, 0.5) is 0 Å². The van der Waals surface area contributed by atoms with Gasteiger partial charge in [-0.3, -0.25) is 0 Å². The molecular formula is C14H15BrN2. The standard InChI is InChI=1S/C14H15BrN2/c15-14-11(13-7-3-4-8-16-13)9-10-5-1-2-6-12(10)17-14/h1-2,5-6,9,13,16H,3-4,7-8H2. The molecule has 2 heterocycles. The van der Waals surface area contributed by atoms with Gasteiger partial charge in [0.2, 0.25) is 0 Å². The molecule has 17 heavy (non-hydrogen) atoms. The fourth-order valence-corrected chi connectivity index (χ4v) is 3.05. The summed E-state index contributed by atoms with van der Waals surface area (Å²) in [6.07, 6.45) is 3.80. The van der Waals surface area contributed by atoms with E-state index in [1.54, 1.807) is 0 Å². The van der Waals surface area contributed by atoms with Crippen LogP contribution in [0.2, 0.25) is 0 Å². The van der Waals surface area contributed by atoms with Crippen LogP contribution in [0, 0.1) is 0 Å². The Balaban J connectivity index is 2.06. The number of halogens is 1. The number of hydrogen-bond donors (Lipinski definition) is 1. The van der Waals surface area contributed by atoms with Crippen LogP contribution in [0.5, 0.6) is 0 Å². The van der Waals surface area contributed by atoms with Crippen molar-refractivity contribution in [1.29, 1.82) is 0 Å². The number of fused-ring (bicyclic) bond motifs is 1. The number of piperidine rings is 1. The van der Waals surface area contributed by atoms with E-state index >= 15 is 0 Å². The van der Waals surface area contributed by atoms with Gasteiger partial charge in [-0.2, -0.15) is 0 Å². The first-order valence-corrected chi connectivity index (χ1v) is 6.92. The van der Waals surface area contributed by atoms with E-state index in [1.165, 1.54) is 30.2 Å². The Bertz CT molecular complexity index is 533. The molecule has 0 amide bonds. The summed E-state index contributed by atoms with van der Waals surface area (Å²) < 4.78 is 0.982. The van der Waals surface area contributed by atoms with Gasteiger partial charge in [0.15, 0.2) is 0 Å². The predicted octanol–water partition coefficient (Wildman–Crippen LogP) is 3.81. The number of pyridine rings is 1. The van der Waals surface area contributed by atoms with Crippen molar-refractivity contribution in [1.82, 2.24) is 10.3 Å². The van der Waals surface area contributed by atoms with Gasteiger partial charge in [0.25, 0.3) is 0 Å². The van der Waals surface area contributed by atoms with Crippen LogP contribution in [0.25, 0.3) is 10.9 Å². The highest BCUT2D eigenvalue weighted by molar-refractivity contribution is 9.10. The van der Waals surface area contributed by atoms with Crippen molar-refractivity contribution in [2.75, 3.05) is 6.54 Å². The molecule has 2 nitrogen and oxygen atoms in total. The predicted molar refractivity (Wildman–Crippen MR) is 74.0 cm³/mol. The molecule has 1 unspecified atom stereocenters. The number of rotatable bonds is 1. The first-order valence-electron chi connectivity index (χ1n) is 6.13. The van der Waals surface area contributed by atoms with Gasteiger partial charge < -0.3 is 5.32 Å². The van der Waals surface area contributed by atoms with Crippen LogP contribution in [-0.2, 0) is 0 Å². The minimum Gasteiger partial charge on any atom is -0.310 e. The van der Waals surface area contributed by atoms with Gasteiger partial charge in [-0.25, -0.2) is 4.98 Å². The van der Waals surface area contributed by atoms with E-state index in [9.17, 15) is 0 Å². The lowest BCUT2D eigenvalue weighted by Crippen LogP contribution is -2.27. The normalized spacial score (nSPS) is 20.6. The fourth-order valence-electron chi connectivity index (χ4n) is 2.47. The molecule has 0 spiro atoms. The van der Waals surface area contributed by atoms with Crippen molar-refractivity contribution >= 4 is 26.8 Å². The molecule has 1 atom stereocenters. The van der Waals surface area contributed by atoms with Crippen LogP contribution in [0.15, 0.2) is 34.9 Å². The summed E-state index contributed by atoms with van der Waals surface area (Å²) in [5, 5.41) is 4.79. The van der Waals surface area contributed by atoms with Crippen molar-refractivity contribution in [3.63, 3.8) is 0 Å². The van der Waals surface area contributed by atoms with Crippen LogP contribution in [-0.4, -0.2) is 11.5 Å². The summed E-state index contributed by atoms with van der Waals surface area (Å²) >= 11 is 3.60. The molecule has 1 aliphatic rings. The van der Waals surface area contributed by atoms with Crippen molar-refractivity contribution in [3.8, 4) is 0 Å². The Morgan fingerprint density at radius 3 is 2.94 bits per heavy atom. The molecule has 1 aromatic heterocycles. The lowest BCUT2D eigenvalue weighted by atomic mass is 9.98. The molecule has 2 aromatic rings. The number of hydrogen-bond acceptors (Lipinski definition) is 2. The first kappa shape index (κ1) is 11.2. The quantitative estimate of drug-likeness (QED) is 0.808.